The van der Waals surface area contributed by atoms with E-state index in [1.807, 2.05) is 36.4 Å². The van der Waals surface area contributed by atoms with Crippen LogP contribution in [0.25, 0.3) is 11.1 Å². The Hall–Kier alpha value is -3.35. The van der Waals surface area contributed by atoms with Crippen LogP contribution in [0.4, 0.5) is 5.69 Å². The van der Waals surface area contributed by atoms with Crippen molar-refractivity contribution in [2.45, 2.75) is 19.3 Å². The van der Waals surface area contributed by atoms with Crippen molar-refractivity contribution in [2.24, 2.45) is 16.5 Å². The molecule has 0 radical (unpaired) electrons. The molecule has 0 bridgehead atoms. The number of carbonyl (C=O) groups excluding carboxylic acids is 1. The van der Waals surface area contributed by atoms with Gasteiger partial charge in [-0.05, 0) is 47.2 Å². The summed E-state index contributed by atoms with van der Waals surface area (Å²) in [5, 5.41) is 11.6. The number of carboxylic acids is 1. The van der Waals surface area contributed by atoms with Crippen molar-refractivity contribution >= 4 is 24.0 Å². The minimum atomic E-state index is -0.845. The molecular weight excluding hydrogens is 332 g/mol. The average Bonchev–Trinajstić information content (AvgIpc) is 2.60. The van der Waals surface area contributed by atoms with Gasteiger partial charge < -0.3 is 21.9 Å². The number of hydrogen-bond acceptors (Lipinski definition) is 3. The van der Waals surface area contributed by atoms with Crippen LogP contribution in [-0.4, -0.2) is 30.0 Å². The number of carbonyl (C=O) groups is 2. The third-order valence-corrected chi connectivity index (χ3v) is 3.90. The van der Waals surface area contributed by atoms with E-state index < -0.39 is 5.97 Å². The number of hydrogen-bond donors (Lipinski definition) is 4. The number of nitrogens with two attached hydrogens (primary N) is 2. The van der Waals surface area contributed by atoms with Crippen molar-refractivity contribution < 1.29 is 14.7 Å². The Morgan fingerprint density at radius 2 is 1.92 bits per heavy atom. The predicted octanol–water partition coefficient (Wildman–Crippen LogP) is 1.56. The maximum absolute atomic E-state index is 10.9. The number of nitrogens with one attached hydrogen (secondary N) is 1. The molecule has 0 aliphatic rings. The number of aliphatic carboxylic acids is 1. The quantitative estimate of drug-likeness (QED) is 0.235. The number of nitrogens with zero attached hydrogens (tertiary/aromatic N) is 1. The van der Waals surface area contributed by atoms with E-state index in [4.69, 9.17) is 16.6 Å². The monoisotopic (exact) mass is 354 g/mol. The van der Waals surface area contributed by atoms with Gasteiger partial charge in [0.15, 0.2) is 5.96 Å². The SMILES string of the molecule is NC(N)=Nc1cccc(-c2cccc(CCC(=O)O)c2CCNC=O)c1. The fourth-order valence-corrected chi connectivity index (χ4v) is 2.82. The Morgan fingerprint density at radius 1 is 1.15 bits per heavy atom. The second-order valence-electron chi connectivity index (χ2n) is 5.75. The van der Waals surface area contributed by atoms with E-state index in [0.717, 1.165) is 22.3 Å². The van der Waals surface area contributed by atoms with Gasteiger partial charge in [-0.25, -0.2) is 4.99 Å². The maximum Gasteiger partial charge on any atom is 0.303 e. The molecule has 7 nitrogen and oxygen atoms in total. The molecule has 0 heterocycles. The second kappa shape index (κ2) is 9.22. The van der Waals surface area contributed by atoms with E-state index >= 15 is 0 Å². The Kier molecular flexibility index (Phi) is 6.73. The molecule has 6 N–H and O–H groups in total. The lowest BCUT2D eigenvalue weighted by Crippen LogP contribution is -2.21. The summed E-state index contributed by atoms with van der Waals surface area (Å²) in [4.78, 5) is 25.6. The molecule has 0 unspecified atom stereocenters. The van der Waals surface area contributed by atoms with Crippen LogP contribution in [-0.2, 0) is 22.4 Å². The van der Waals surface area contributed by atoms with Gasteiger partial charge in [-0.2, -0.15) is 0 Å². The molecule has 0 aliphatic heterocycles. The molecule has 0 aliphatic carbocycles. The van der Waals surface area contributed by atoms with E-state index in [1.54, 1.807) is 6.07 Å². The van der Waals surface area contributed by atoms with Crippen molar-refractivity contribution in [2.75, 3.05) is 6.54 Å². The molecule has 0 fully saturated rings. The van der Waals surface area contributed by atoms with Gasteiger partial charge in [0.05, 0.1) is 5.69 Å². The third-order valence-electron chi connectivity index (χ3n) is 3.90. The summed E-state index contributed by atoms with van der Waals surface area (Å²) in [5.41, 5.74) is 15.4. The van der Waals surface area contributed by atoms with Crippen molar-refractivity contribution in [3.8, 4) is 11.1 Å². The lowest BCUT2D eigenvalue weighted by molar-refractivity contribution is -0.137. The van der Waals surface area contributed by atoms with Gasteiger partial charge in [-0.1, -0.05) is 30.3 Å². The first kappa shape index (κ1) is 19.0. The van der Waals surface area contributed by atoms with Crippen LogP contribution >= 0.6 is 0 Å². The van der Waals surface area contributed by atoms with E-state index in [1.165, 1.54) is 0 Å². The number of aliphatic imine (C=N–C) groups is 1. The topological polar surface area (TPSA) is 131 Å². The molecule has 1 amide bonds. The lowest BCUT2D eigenvalue weighted by Gasteiger charge is -2.15. The normalized spacial score (nSPS) is 10.2. The molecule has 7 heteroatoms. The molecule has 0 spiro atoms. The lowest BCUT2D eigenvalue weighted by atomic mass is 9.91. The molecule has 2 aromatic rings. The number of benzene rings is 2. The fourth-order valence-electron chi connectivity index (χ4n) is 2.82. The summed E-state index contributed by atoms with van der Waals surface area (Å²) < 4.78 is 0. The number of carboxylic acid groups (broad SMARTS) is 1. The van der Waals surface area contributed by atoms with Crippen molar-refractivity contribution in [1.82, 2.24) is 5.32 Å². The summed E-state index contributed by atoms with van der Waals surface area (Å²) in [7, 11) is 0. The minimum absolute atomic E-state index is 0.0206. The smallest absolute Gasteiger partial charge is 0.303 e. The Balaban J connectivity index is 2.45. The standard InChI is InChI=1S/C19H22N4O3/c20-19(21)23-15-5-1-4-14(11-15)16-6-2-3-13(7-8-18(25)26)17(16)9-10-22-12-24/h1-6,11-12H,7-10H2,(H,22,24)(H,25,26)(H4,20,21,23). The van der Waals surface area contributed by atoms with E-state index in [9.17, 15) is 9.59 Å². The van der Waals surface area contributed by atoms with Gasteiger partial charge >= 0.3 is 5.97 Å². The highest BCUT2D eigenvalue weighted by Gasteiger charge is 2.12. The number of amides is 1. The number of aryl methyl sites for hydroxylation is 1. The van der Waals surface area contributed by atoms with Crippen LogP contribution in [0.1, 0.15) is 17.5 Å². The predicted molar refractivity (Wildman–Crippen MR) is 101 cm³/mol. The fraction of sp³-hybridized carbons (Fsp3) is 0.211. The van der Waals surface area contributed by atoms with Crippen LogP contribution in [0.5, 0.6) is 0 Å². The Labute approximate surface area is 151 Å². The van der Waals surface area contributed by atoms with E-state index in [-0.39, 0.29) is 12.4 Å². The van der Waals surface area contributed by atoms with Crippen LogP contribution in [0.3, 0.4) is 0 Å². The highest BCUT2D eigenvalue weighted by Crippen LogP contribution is 2.30. The van der Waals surface area contributed by atoms with Crippen molar-refractivity contribution in [3.05, 3.63) is 53.6 Å². The summed E-state index contributed by atoms with van der Waals surface area (Å²) >= 11 is 0. The molecular formula is C19H22N4O3. The van der Waals surface area contributed by atoms with Gasteiger partial charge in [-0.15, -0.1) is 0 Å². The maximum atomic E-state index is 10.9. The van der Waals surface area contributed by atoms with Crippen LogP contribution in [0.15, 0.2) is 47.5 Å². The average molecular weight is 354 g/mol. The van der Waals surface area contributed by atoms with Gasteiger partial charge in [0, 0.05) is 13.0 Å². The third kappa shape index (κ3) is 5.34. The van der Waals surface area contributed by atoms with Crippen LogP contribution in [0.2, 0.25) is 0 Å². The first-order valence-electron chi connectivity index (χ1n) is 8.21. The number of guanidine groups is 1. The van der Waals surface area contributed by atoms with Crippen molar-refractivity contribution in [3.63, 3.8) is 0 Å². The molecule has 0 aromatic heterocycles. The summed E-state index contributed by atoms with van der Waals surface area (Å²) in [6, 6.07) is 13.2. The summed E-state index contributed by atoms with van der Waals surface area (Å²) in [6.45, 7) is 0.466. The molecule has 0 atom stereocenters. The van der Waals surface area contributed by atoms with Crippen LogP contribution in [0, 0.1) is 0 Å². The zero-order valence-electron chi connectivity index (χ0n) is 14.3. The first-order valence-corrected chi connectivity index (χ1v) is 8.21. The summed E-state index contributed by atoms with van der Waals surface area (Å²) in [5.74, 6) is -0.866. The first-order chi connectivity index (χ1) is 12.5. The Bertz CT molecular complexity index is 814. The van der Waals surface area contributed by atoms with Gasteiger partial charge in [0.2, 0.25) is 6.41 Å². The van der Waals surface area contributed by atoms with Crippen LogP contribution < -0.4 is 16.8 Å². The van der Waals surface area contributed by atoms with Gasteiger partial charge in [0.25, 0.3) is 0 Å². The zero-order chi connectivity index (χ0) is 18.9. The van der Waals surface area contributed by atoms with E-state index in [0.29, 0.717) is 31.5 Å². The zero-order valence-corrected chi connectivity index (χ0v) is 14.3. The molecule has 136 valence electrons. The molecule has 2 rings (SSSR count). The van der Waals surface area contributed by atoms with Crippen molar-refractivity contribution in [1.29, 1.82) is 0 Å². The molecule has 0 saturated carbocycles. The molecule has 0 saturated heterocycles. The minimum Gasteiger partial charge on any atom is -0.481 e. The highest BCUT2D eigenvalue weighted by atomic mass is 16.4. The molecule has 2 aromatic carbocycles. The highest BCUT2D eigenvalue weighted by molar-refractivity contribution is 5.80. The van der Waals surface area contributed by atoms with E-state index in [2.05, 4.69) is 10.3 Å². The second-order valence-corrected chi connectivity index (χ2v) is 5.75. The van der Waals surface area contributed by atoms with Gasteiger partial charge in [-0.3, -0.25) is 9.59 Å². The Morgan fingerprint density at radius 3 is 2.62 bits per heavy atom. The van der Waals surface area contributed by atoms with Gasteiger partial charge in [0.1, 0.15) is 0 Å². The largest absolute Gasteiger partial charge is 0.481 e. The number of rotatable bonds is 9. The molecule has 26 heavy (non-hydrogen) atoms. The summed E-state index contributed by atoms with van der Waals surface area (Å²) in [6.07, 6.45) is 1.72.